The highest BCUT2D eigenvalue weighted by atomic mass is 16.1. The highest BCUT2D eigenvalue weighted by Crippen LogP contribution is 2.39. The van der Waals surface area contributed by atoms with Gasteiger partial charge in [0.1, 0.15) is 5.78 Å². The molecule has 0 heterocycles. The van der Waals surface area contributed by atoms with Gasteiger partial charge in [0, 0.05) is 12.8 Å². The minimum Gasteiger partial charge on any atom is -0.300 e. The van der Waals surface area contributed by atoms with Gasteiger partial charge in [0.15, 0.2) is 0 Å². The summed E-state index contributed by atoms with van der Waals surface area (Å²) in [5.74, 6) is 1.53. The van der Waals surface area contributed by atoms with Crippen LogP contribution in [0.4, 0.5) is 0 Å². The fourth-order valence-corrected chi connectivity index (χ4v) is 2.80. The average Bonchev–Trinajstić information content (AvgIpc) is 2.57. The molecule has 1 nitrogen and oxygen atoms in total. The molecule has 0 fully saturated rings. The summed E-state index contributed by atoms with van der Waals surface area (Å²) in [6.07, 6.45) is 3.59. The van der Waals surface area contributed by atoms with Gasteiger partial charge in [-0.25, -0.2) is 0 Å². The second kappa shape index (κ2) is 4.82. The molecule has 0 aliphatic heterocycles. The third-order valence-corrected chi connectivity index (χ3v) is 3.75. The lowest BCUT2D eigenvalue weighted by Gasteiger charge is -2.14. The molecule has 0 saturated heterocycles. The van der Waals surface area contributed by atoms with Crippen LogP contribution in [0.3, 0.4) is 0 Å². The predicted octanol–water partition coefficient (Wildman–Crippen LogP) is 3.72. The van der Waals surface area contributed by atoms with E-state index in [-0.39, 0.29) is 0 Å². The van der Waals surface area contributed by atoms with Crippen LogP contribution in [0.25, 0.3) is 0 Å². The van der Waals surface area contributed by atoms with E-state index in [1.165, 1.54) is 11.1 Å². The maximum atomic E-state index is 11.7. The van der Waals surface area contributed by atoms with E-state index >= 15 is 0 Å². The molecule has 2 unspecified atom stereocenters. The van der Waals surface area contributed by atoms with Crippen molar-refractivity contribution >= 4 is 5.78 Å². The third kappa shape index (κ3) is 2.18. The number of ketones is 1. The minimum atomic E-state index is 0.437. The highest BCUT2D eigenvalue weighted by Gasteiger charge is 2.29. The van der Waals surface area contributed by atoms with Gasteiger partial charge in [-0.15, -0.1) is 0 Å². The Bertz CT molecular complexity index is 381. The van der Waals surface area contributed by atoms with Crippen LogP contribution in [-0.4, -0.2) is 5.78 Å². The SMILES string of the molecule is CCCC(=O)CC1Cc2ccccc2C1C. The quantitative estimate of drug-likeness (QED) is 0.749. The zero-order valence-electron chi connectivity index (χ0n) is 10.2. The number of hydrogen-bond donors (Lipinski definition) is 0. The Morgan fingerprint density at radius 2 is 2.12 bits per heavy atom. The Hall–Kier alpha value is -1.11. The third-order valence-electron chi connectivity index (χ3n) is 3.75. The molecule has 2 atom stereocenters. The maximum absolute atomic E-state index is 11.7. The molecule has 2 rings (SSSR count). The van der Waals surface area contributed by atoms with Crippen LogP contribution in [0.1, 0.15) is 50.2 Å². The van der Waals surface area contributed by atoms with Gasteiger partial charge in [0.25, 0.3) is 0 Å². The van der Waals surface area contributed by atoms with Gasteiger partial charge in [-0.1, -0.05) is 38.1 Å². The number of benzene rings is 1. The fourth-order valence-electron chi connectivity index (χ4n) is 2.80. The molecular weight excluding hydrogens is 196 g/mol. The molecule has 1 aromatic rings. The minimum absolute atomic E-state index is 0.437. The molecule has 86 valence electrons. The van der Waals surface area contributed by atoms with Crippen molar-refractivity contribution in [3.05, 3.63) is 35.4 Å². The number of rotatable bonds is 4. The Balaban J connectivity index is 2.04. The monoisotopic (exact) mass is 216 g/mol. The summed E-state index contributed by atoms with van der Waals surface area (Å²) in [4.78, 5) is 11.7. The summed E-state index contributed by atoms with van der Waals surface area (Å²) in [5, 5.41) is 0. The molecule has 0 bridgehead atoms. The molecule has 1 heteroatoms. The number of carbonyl (C=O) groups excluding carboxylic acids is 1. The van der Waals surface area contributed by atoms with E-state index in [9.17, 15) is 4.79 Å². The van der Waals surface area contributed by atoms with E-state index in [4.69, 9.17) is 0 Å². The van der Waals surface area contributed by atoms with Crippen LogP contribution in [0.5, 0.6) is 0 Å². The number of hydrogen-bond acceptors (Lipinski definition) is 1. The molecule has 0 amide bonds. The lowest BCUT2D eigenvalue weighted by Crippen LogP contribution is -2.11. The van der Waals surface area contributed by atoms with Gasteiger partial charge in [-0.3, -0.25) is 4.79 Å². The van der Waals surface area contributed by atoms with Crippen LogP contribution in [0, 0.1) is 5.92 Å². The van der Waals surface area contributed by atoms with E-state index in [0.29, 0.717) is 17.6 Å². The molecule has 0 aromatic heterocycles. The number of carbonyl (C=O) groups is 1. The molecule has 1 aromatic carbocycles. The van der Waals surface area contributed by atoms with E-state index in [1.54, 1.807) is 0 Å². The van der Waals surface area contributed by atoms with Gasteiger partial charge >= 0.3 is 0 Å². The number of Topliss-reactive ketones (excluding diaryl/α,β-unsaturated/α-hetero) is 1. The van der Waals surface area contributed by atoms with E-state index < -0.39 is 0 Å². The van der Waals surface area contributed by atoms with Crippen molar-refractivity contribution in [3.8, 4) is 0 Å². The normalized spacial score (nSPS) is 23.1. The first-order valence-corrected chi connectivity index (χ1v) is 6.32. The van der Waals surface area contributed by atoms with Crippen molar-refractivity contribution in [1.82, 2.24) is 0 Å². The van der Waals surface area contributed by atoms with Gasteiger partial charge in [-0.05, 0) is 35.8 Å². The molecule has 0 saturated carbocycles. The van der Waals surface area contributed by atoms with E-state index in [2.05, 4.69) is 38.1 Å². The van der Waals surface area contributed by atoms with Gasteiger partial charge < -0.3 is 0 Å². The zero-order chi connectivity index (χ0) is 11.5. The second-order valence-corrected chi connectivity index (χ2v) is 4.94. The average molecular weight is 216 g/mol. The van der Waals surface area contributed by atoms with Crippen LogP contribution >= 0.6 is 0 Å². The van der Waals surface area contributed by atoms with E-state index in [1.807, 2.05) is 0 Å². The molecule has 16 heavy (non-hydrogen) atoms. The van der Waals surface area contributed by atoms with Crippen molar-refractivity contribution in [2.24, 2.45) is 5.92 Å². The zero-order valence-corrected chi connectivity index (χ0v) is 10.2. The van der Waals surface area contributed by atoms with Crippen LogP contribution in [0.15, 0.2) is 24.3 Å². The lowest BCUT2D eigenvalue weighted by molar-refractivity contribution is -0.120. The largest absolute Gasteiger partial charge is 0.300 e. The molecule has 0 radical (unpaired) electrons. The Morgan fingerprint density at radius 3 is 2.81 bits per heavy atom. The van der Waals surface area contributed by atoms with Crippen molar-refractivity contribution in [2.45, 2.75) is 45.4 Å². The van der Waals surface area contributed by atoms with Crippen LogP contribution in [-0.2, 0) is 11.2 Å². The lowest BCUT2D eigenvalue weighted by atomic mass is 9.89. The van der Waals surface area contributed by atoms with Crippen molar-refractivity contribution in [2.75, 3.05) is 0 Å². The smallest absolute Gasteiger partial charge is 0.133 e. The number of fused-ring (bicyclic) bond motifs is 1. The van der Waals surface area contributed by atoms with Crippen molar-refractivity contribution in [1.29, 1.82) is 0 Å². The van der Waals surface area contributed by atoms with Crippen molar-refractivity contribution < 1.29 is 4.79 Å². The molecule has 1 aliphatic rings. The standard InChI is InChI=1S/C15H20O/c1-3-6-14(16)10-13-9-12-7-4-5-8-15(12)11(13)2/h4-5,7-8,11,13H,3,6,9-10H2,1-2H3. The Labute approximate surface area is 97.9 Å². The Kier molecular flexibility index (Phi) is 3.42. The first kappa shape index (κ1) is 11.4. The molecular formula is C15H20O. The van der Waals surface area contributed by atoms with Crippen LogP contribution in [0.2, 0.25) is 0 Å². The summed E-state index contributed by atoms with van der Waals surface area (Å²) >= 11 is 0. The Morgan fingerprint density at radius 1 is 1.38 bits per heavy atom. The van der Waals surface area contributed by atoms with Gasteiger partial charge in [0.05, 0.1) is 0 Å². The molecule has 0 N–H and O–H groups in total. The highest BCUT2D eigenvalue weighted by molar-refractivity contribution is 5.78. The van der Waals surface area contributed by atoms with E-state index in [0.717, 1.165) is 25.7 Å². The summed E-state index contributed by atoms with van der Waals surface area (Å²) in [6.45, 7) is 4.33. The predicted molar refractivity (Wildman–Crippen MR) is 66.6 cm³/mol. The second-order valence-electron chi connectivity index (χ2n) is 4.94. The molecule has 0 spiro atoms. The summed E-state index contributed by atoms with van der Waals surface area (Å²) < 4.78 is 0. The fraction of sp³-hybridized carbons (Fsp3) is 0.533. The van der Waals surface area contributed by atoms with Gasteiger partial charge in [0.2, 0.25) is 0 Å². The molecule has 1 aliphatic carbocycles. The van der Waals surface area contributed by atoms with Crippen molar-refractivity contribution in [3.63, 3.8) is 0 Å². The summed E-state index contributed by atoms with van der Waals surface area (Å²) in [5.41, 5.74) is 2.90. The maximum Gasteiger partial charge on any atom is 0.133 e. The van der Waals surface area contributed by atoms with Crippen LogP contribution < -0.4 is 0 Å². The topological polar surface area (TPSA) is 17.1 Å². The summed E-state index contributed by atoms with van der Waals surface area (Å²) in [6, 6.07) is 8.62. The van der Waals surface area contributed by atoms with Gasteiger partial charge in [-0.2, -0.15) is 0 Å². The summed E-state index contributed by atoms with van der Waals surface area (Å²) in [7, 11) is 0. The first-order chi connectivity index (χ1) is 7.72. The first-order valence-electron chi connectivity index (χ1n) is 6.32.